The Labute approximate surface area is 138 Å². The summed E-state index contributed by atoms with van der Waals surface area (Å²) in [5.74, 6) is 0. The summed E-state index contributed by atoms with van der Waals surface area (Å²) < 4.78 is 6.08. The largest absolute Gasteiger partial charge is 0.495 e. The van der Waals surface area contributed by atoms with E-state index in [9.17, 15) is 15.3 Å². The lowest BCUT2D eigenvalue weighted by Crippen LogP contribution is -2.71. The van der Waals surface area contributed by atoms with Crippen molar-refractivity contribution in [2.45, 2.75) is 76.4 Å². The number of aliphatic hydroxyl groups is 3. The second-order valence-corrected chi connectivity index (χ2v) is 24.7. The van der Waals surface area contributed by atoms with E-state index in [1.165, 1.54) is 0 Å². The van der Waals surface area contributed by atoms with E-state index in [2.05, 4.69) is 58.9 Å². The van der Waals surface area contributed by atoms with Crippen molar-refractivity contribution < 1.29 is 20.1 Å². The molecule has 0 aromatic rings. The highest BCUT2D eigenvalue weighted by Gasteiger charge is 2.60. The lowest BCUT2D eigenvalue weighted by Gasteiger charge is -2.54. The molecule has 1 aliphatic rings. The average molecular weight is 363 g/mol. The van der Waals surface area contributed by atoms with Crippen molar-refractivity contribution >= 4 is 24.2 Å². The van der Waals surface area contributed by atoms with Crippen LogP contribution in [0.3, 0.4) is 0 Å². The van der Waals surface area contributed by atoms with E-state index in [1.54, 1.807) is 0 Å². The highest BCUT2D eigenvalue weighted by atomic mass is 28.3. The third-order valence-corrected chi connectivity index (χ3v) is 11.6. The van der Waals surface area contributed by atoms with Gasteiger partial charge in [0, 0.05) is 0 Å². The number of aliphatic hydroxyl groups excluding tert-OH is 2. The Hall–Kier alpha value is 0.0706. The standard InChI is InChI=1S/C15H34O4Si3/c1-20(2,3)13-14(21(4,5)6)19-11(10-16)12(17)15(13,18)22(7,8)9/h11-12,16-18H,10H2,1-9H3/t11-,12-,15-/m1/s1. The molecule has 1 aliphatic heterocycles. The Morgan fingerprint density at radius 2 is 1.41 bits per heavy atom. The quantitative estimate of drug-likeness (QED) is 0.672. The fourth-order valence-corrected chi connectivity index (χ4v) is 13.3. The first-order valence-electron chi connectivity index (χ1n) is 8.02. The maximum Gasteiger partial charge on any atom is 0.149 e. The fourth-order valence-electron chi connectivity index (χ4n) is 3.28. The molecule has 22 heavy (non-hydrogen) atoms. The normalized spacial score (nSPS) is 31.3. The summed E-state index contributed by atoms with van der Waals surface area (Å²) in [5, 5.41) is 32.9. The van der Waals surface area contributed by atoms with Gasteiger partial charge < -0.3 is 20.1 Å². The predicted molar refractivity (Wildman–Crippen MR) is 100.0 cm³/mol. The summed E-state index contributed by atoms with van der Waals surface area (Å²) in [6.07, 6.45) is -1.80. The summed E-state index contributed by atoms with van der Waals surface area (Å²) in [7, 11) is -5.96. The SMILES string of the molecule is C[Si](C)(C)C1=C([Si](C)(C)C)[C@](O)([Si](C)(C)C)[C@H](O)[C@@H](CO)O1. The molecule has 7 heteroatoms. The summed E-state index contributed by atoms with van der Waals surface area (Å²) in [5.41, 5.74) is 0. The van der Waals surface area contributed by atoms with Crippen LogP contribution in [0, 0.1) is 0 Å². The molecule has 0 radical (unpaired) electrons. The Morgan fingerprint density at radius 3 is 1.68 bits per heavy atom. The molecule has 0 saturated heterocycles. The van der Waals surface area contributed by atoms with Crippen LogP contribution >= 0.6 is 0 Å². The van der Waals surface area contributed by atoms with Crippen molar-refractivity contribution in [3.05, 3.63) is 10.6 Å². The van der Waals surface area contributed by atoms with Gasteiger partial charge in [-0.2, -0.15) is 0 Å². The molecular formula is C15H34O4Si3. The second-order valence-electron chi connectivity index (χ2n) is 9.50. The van der Waals surface area contributed by atoms with Crippen LogP contribution in [0.1, 0.15) is 0 Å². The third-order valence-electron chi connectivity index (χ3n) is 4.41. The first-order chi connectivity index (χ1) is 9.58. The topological polar surface area (TPSA) is 69.9 Å². The molecule has 0 fully saturated rings. The number of ether oxygens (including phenoxy) is 1. The first-order valence-corrected chi connectivity index (χ1v) is 18.5. The molecule has 4 nitrogen and oxygen atoms in total. The molecule has 0 aromatic heterocycles. The van der Waals surface area contributed by atoms with Gasteiger partial charge in [-0.3, -0.25) is 0 Å². The molecule has 1 heterocycles. The van der Waals surface area contributed by atoms with E-state index in [1.807, 2.05) is 0 Å². The monoisotopic (exact) mass is 362 g/mol. The molecule has 0 aromatic carbocycles. The zero-order valence-electron chi connectivity index (χ0n) is 15.6. The van der Waals surface area contributed by atoms with Gasteiger partial charge in [-0.25, -0.2) is 0 Å². The molecule has 3 N–H and O–H groups in total. The molecule has 0 amide bonds. The van der Waals surface area contributed by atoms with E-state index >= 15 is 0 Å². The smallest absolute Gasteiger partial charge is 0.149 e. The van der Waals surface area contributed by atoms with Crippen molar-refractivity contribution in [3.8, 4) is 0 Å². The summed E-state index contributed by atoms with van der Waals surface area (Å²) in [4.78, 5) is 0. The van der Waals surface area contributed by atoms with Gasteiger partial charge in [-0.15, -0.1) is 0 Å². The van der Waals surface area contributed by atoms with Crippen LogP contribution in [0.4, 0.5) is 0 Å². The van der Waals surface area contributed by atoms with Crippen LogP contribution in [-0.2, 0) is 4.74 Å². The lowest BCUT2D eigenvalue weighted by atomic mass is 10.1. The van der Waals surface area contributed by atoms with Crippen LogP contribution in [0.15, 0.2) is 10.6 Å². The first kappa shape index (κ1) is 20.1. The van der Waals surface area contributed by atoms with Crippen LogP contribution in [0.25, 0.3) is 0 Å². The average Bonchev–Trinajstić information content (AvgIpc) is 2.27. The Morgan fingerprint density at radius 1 is 0.955 bits per heavy atom. The summed E-state index contributed by atoms with van der Waals surface area (Å²) >= 11 is 0. The maximum absolute atomic E-state index is 11.7. The van der Waals surface area contributed by atoms with E-state index in [4.69, 9.17) is 4.74 Å². The van der Waals surface area contributed by atoms with E-state index in [-0.39, 0.29) is 6.61 Å². The minimum atomic E-state index is -2.18. The van der Waals surface area contributed by atoms with Crippen LogP contribution < -0.4 is 0 Å². The summed E-state index contributed by atoms with van der Waals surface area (Å²) in [6, 6.07) is 0. The molecule has 3 atom stereocenters. The lowest BCUT2D eigenvalue weighted by molar-refractivity contribution is -0.109. The van der Waals surface area contributed by atoms with Crippen LogP contribution in [0.5, 0.6) is 0 Å². The van der Waals surface area contributed by atoms with Crippen molar-refractivity contribution in [2.24, 2.45) is 0 Å². The van der Waals surface area contributed by atoms with E-state index < -0.39 is 41.7 Å². The van der Waals surface area contributed by atoms with Gasteiger partial charge in [-0.05, 0) is 5.20 Å². The molecule has 1 rings (SSSR count). The molecule has 0 bridgehead atoms. The molecule has 130 valence electrons. The molecule has 0 spiro atoms. The Balaban J connectivity index is 3.81. The zero-order valence-corrected chi connectivity index (χ0v) is 18.6. The Bertz CT molecular complexity index is 457. The van der Waals surface area contributed by atoms with Crippen LogP contribution in [-0.4, -0.2) is 63.6 Å². The van der Waals surface area contributed by atoms with Gasteiger partial charge in [-0.1, -0.05) is 58.9 Å². The summed E-state index contributed by atoms with van der Waals surface area (Å²) in [6.45, 7) is 19.1. The van der Waals surface area contributed by atoms with Gasteiger partial charge in [0.2, 0.25) is 0 Å². The van der Waals surface area contributed by atoms with Crippen molar-refractivity contribution in [2.75, 3.05) is 6.61 Å². The third kappa shape index (κ3) is 3.29. The molecule has 0 aliphatic carbocycles. The van der Waals surface area contributed by atoms with Gasteiger partial charge in [0.15, 0.2) is 0 Å². The minimum absolute atomic E-state index is 0.277. The van der Waals surface area contributed by atoms with Crippen LogP contribution in [0.2, 0.25) is 58.9 Å². The highest BCUT2D eigenvalue weighted by Crippen LogP contribution is 2.46. The predicted octanol–water partition coefficient (Wildman–Crippen LogP) is 2.36. The highest BCUT2D eigenvalue weighted by molar-refractivity contribution is 6.92. The minimum Gasteiger partial charge on any atom is -0.495 e. The van der Waals surface area contributed by atoms with Crippen molar-refractivity contribution in [1.29, 1.82) is 0 Å². The van der Waals surface area contributed by atoms with Crippen molar-refractivity contribution in [1.82, 2.24) is 0 Å². The van der Waals surface area contributed by atoms with Gasteiger partial charge in [0.1, 0.15) is 25.5 Å². The van der Waals surface area contributed by atoms with E-state index in [0.29, 0.717) is 0 Å². The van der Waals surface area contributed by atoms with E-state index in [0.717, 1.165) is 10.6 Å². The molecule has 0 saturated carbocycles. The molecule has 0 unspecified atom stereocenters. The number of hydrogen-bond acceptors (Lipinski definition) is 4. The van der Waals surface area contributed by atoms with Gasteiger partial charge in [0.05, 0.1) is 28.1 Å². The van der Waals surface area contributed by atoms with Gasteiger partial charge in [0.25, 0.3) is 0 Å². The van der Waals surface area contributed by atoms with Crippen molar-refractivity contribution in [3.63, 3.8) is 0 Å². The van der Waals surface area contributed by atoms with Gasteiger partial charge >= 0.3 is 0 Å². The second kappa shape index (κ2) is 5.86. The fraction of sp³-hybridized carbons (Fsp3) is 0.867. The number of rotatable bonds is 4. The zero-order chi connectivity index (χ0) is 17.7. The maximum atomic E-state index is 11.7. The molecular weight excluding hydrogens is 328 g/mol. The number of hydrogen-bond donors (Lipinski definition) is 3. The Kier molecular flexibility index (Phi) is 5.35.